The van der Waals surface area contributed by atoms with Crippen LogP contribution < -0.4 is 16.2 Å². The van der Waals surface area contributed by atoms with Gasteiger partial charge < -0.3 is 51.3 Å². The number of nitrogens with zero attached hydrogens (tertiary/aromatic N) is 2. The predicted octanol–water partition coefficient (Wildman–Crippen LogP) is 4.54. The number of nitrogens with two attached hydrogens (primary N) is 1. The molecule has 2 aliphatic heterocycles. The third kappa shape index (κ3) is 17.4. The van der Waals surface area contributed by atoms with Crippen LogP contribution in [0.25, 0.3) is 21.5 Å². The molecule has 0 spiro atoms. The molecule has 0 bridgehead atoms. The molecule has 0 radical (unpaired) electrons. The van der Waals surface area contributed by atoms with Crippen LogP contribution in [0.4, 0.5) is 11.4 Å². The number of carbonyl (C=O) groups excluding carboxylic acids is 1. The van der Waals surface area contributed by atoms with Gasteiger partial charge in [0.25, 0.3) is 0 Å². The van der Waals surface area contributed by atoms with Gasteiger partial charge in [-0.05, 0) is 110 Å². The maximum absolute atomic E-state index is 12.8. The van der Waals surface area contributed by atoms with Crippen molar-refractivity contribution in [3.63, 3.8) is 0 Å². The molecule has 4 aromatic rings. The molecular weight excluding hydrogens is 1210 g/mol. The van der Waals surface area contributed by atoms with Crippen molar-refractivity contribution in [2.24, 2.45) is 5.84 Å². The van der Waals surface area contributed by atoms with E-state index in [9.17, 15) is 69.6 Å². The van der Waals surface area contributed by atoms with Gasteiger partial charge in [-0.25, -0.2) is 47.9 Å². The molecule has 1 amide bonds. The number of rotatable bonds is 33. The molecule has 85 heavy (non-hydrogen) atoms. The highest BCUT2D eigenvalue weighted by atomic mass is 32.2. The molecular formula is C55H70N4O21S5-4. The Labute approximate surface area is 496 Å². The standard InChI is InChI=1S/C54H70N4O21S5.CH4/c1-53(21-13-33-80(60,61)62)48(58(24-26-75-3)45-20-18-40-42(51(45)53)34-38(81(63,64)65)36-46(40)83(69,70)71)14-9-6-5-7-10-15-49-54(2,22-25-77-29-30-79-32-31-78-28-27-76-4)52-43-35-39(82(66,67)68)37-47(84(72,73)74)41(43)17-19-44(52)57(49)23-12-8-11-16-50(59)56-55;/h5-7,9-10,14-15,17-20,34-37H,8,11-13,16,21-33,55H2,1-4H3,(H5-,56,59,60,61,62,63,64,65,66,67,68,69,70,71,72,73,74);1H4/p-4. The van der Waals surface area contributed by atoms with Gasteiger partial charge >= 0.3 is 0 Å². The van der Waals surface area contributed by atoms with E-state index in [1.165, 1.54) is 25.3 Å². The van der Waals surface area contributed by atoms with Gasteiger partial charge in [0.05, 0.1) is 74.8 Å². The lowest BCUT2D eigenvalue weighted by atomic mass is 9.74. The van der Waals surface area contributed by atoms with E-state index in [2.05, 4.69) is 5.43 Å². The molecule has 4 aromatic carbocycles. The molecule has 470 valence electrons. The Morgan fingerprint density at radius 2 is 1.13 bits per heavy atom. The van der Waals surface area contributed by atoms with Crippen molar-refractivity contribution < 1.29 is 97.9 Å². The molecule has 2 unspecified atom stereocenters. The number of hydrazine groups is 1. The minimum Gasteiger partial charge on any atom is -0.748 e. The van der Waals surface area contributed by atoms with Gasteiger partial charge in [-0.15, -0.1) is 0 Å². The van der Waals surface area contributed by atoms with E-state index >= 15 is 0 Å². The summed E-state index contributed by atoms with van der Waals surface area (Å²) < 4.78 is 216. The topological polar surface area (TPSA) is 394 Å². The Balaban J connectivity index is 0.0000132. The van der Waals surface area contributed by atoms with E-state index in [-0.39, 0.29) is 106 Å². The lowest BCUT2D eigenvalue weighted by molar-refractivity contribution is -0.441. The first kappa shape index (κ1) is 70.4. The number of allylic oxidation sites excluding steroid dienone is 8. The number of hydrogen-bond donors (Lipinski definition) is 2. The highest BCUT2D eigenvalue weighted by Gasteiger charge is 2.49. The third-order valence-electron chi connectivity index (χ3n) is 14.5. The fourth-order valence-electron chi connectivity index (χ4n) is 10.7. The highest BCUT2D eigenvalue weighted by Crippen LogP contribution is 2.54. The number of methoxy groups -OCH3 is 2. The average Bonchev–Trinajstić information content (AvgIpc) is 1.66. The SMILES string of the molecule is C.COCCOCCOCCOCCC1(C)\C(=C/C=C/C=C/C=C/C2=[N+](CCOC)c3ccc4c(S(=O)(=O)[O-])cc(S(=O)(=O)[O-])cc4c3C2(C)CCCS(=O)(=O)[O-])N(CCCCCC(=O)NN)c2ccc3c(S(=O)(=O)[O-])cc(S(=O)(=O)[O-])cc3c21. The van der Waals surface area contributed by atoms with Crippen molar-refractivity contribution in [2.45, 2.75) is 96.6 Å². The van der Waals surface area contributed by atoms with Crippen LogP contribution in [0.2, 0.25) is 0 Å². The van der Waals surface area contributed by atoms with E-state index < -0.39 is 86.8 Å². The second kappa shape index (κ2) is 29.5. The van der Waals surface area contributed by atoms with Gasteiger partial charge in [-0.1, -0.05) is 50.3 Å². The van der Waals surface area contributed by atoms with Crippen molar-refractivity contribution in [3.05, 3.63) is 108 Å². The quantitative estimate of drug-likeness (QED) is 0.0126. The highest BCUT2D eigenvalue weighted by molar-refractivity contribution is 7.87. The zero-order valence-electron chi connectivity index (χ0n) is 46.5. The van der Waals surface area contributed by atoms with E-state index in [1.807, 2.05) is 11.8 Å². The summed E-state index contributed by atoms with van der Waals surface area (Å²) in [6.07, 6.45) is 13.2. The molecule has 2 aliphatic rings. The minimum absolute atomic E-state index is 0. The molecule has 2 atom stereocenters. The van der Waals surface area contributed by atoms with Crippen molar-refractivity contribution in [1.29, 1.82) is 0 Å². The summed E-state index contributed by atoms with van der Waals surface area (Å²) in [7, 11) is -23.2. The number of anilines is 1. The minimum atomic E-state index is -5.39. The molecule has 3 N–H and O–H groups in total. The monoisotopic (exact) mass is 1280 g/mol. The first-order chi connectivity index (χ1) is 39.4. The Bertz CT molecular complexity index is 3850. The second-order valence-electron chi connectivity index (χ2n) is 20.1. The smallest absolute Gasteiger partial charge is 0.233 e. The van der Waals surface area contributed by atoms with E-state index in [0.717, 1.165) is 12.1 Å². The number of amides is 1. The van der Waals surface area contributed by atoms with Crippen molar-refractivity contribution in [1.82, 2.24) is 5.43 Å². The Morgan fingerprint density at radius 1 is 0.600 bits per heavy atom. The summed E-state index contributed by atoms with van der Waals surface area (Å²) in [5.41, 5.74) is 2.19. The first-order valence-electron chi connectivity index (χ1n) is 26.3. The van der Waals surface area contributed by atoms with Gasteiger partial charge in [-0.2, -0.15) is 4.58 Å². The Morgan fingerprint density at radius 3 is 1.67 bits per heavy atom. The molecule has 0 saturated heterocycles. The maximum atomic E-state index is 12.8. The summed E-state index contributed by atoms with van der Waals surface area (Å²) in [6.45, 7) is 5.88. The third-order valence-corrected chi connectivity index (χ3v) is 18.7. The summed E-state index contributed by atoms with van der Waals surface area (Å²) in [6, 6.07) is 8.85. The number of unbranched alkanes of at least 4 members (excludes halogenated alkanes) is 2. The summed E-state index contributed by atoms with van der Waals surface area (Å²) in [5.74, 6) is 4.13. The second-order valence-corrected chi connectivity index (χ2v) is 27.1. The van der Waals surface area contributed by atoms with Gasteiger partial charge in [0.15, 0.2) is 12.3 Å². The number of carbonyl (C=O) groups is 1. The predicted molar refractivity (Wildman–Crippen MR) is 309 cm³/mol. The van der Waals surface area contributed by atoms with Gasteiger partial charge in [-0.3, -0.25) is 10.2 Å². The van der Waals surface area contributed by atoms with Crippen molar-refractivity contribution >= 4 is 95.1 Å². The average molecular weight is 1280 g/mol. The van der Waals surface area contributed by atoms with E-state index in [1.54, 1.807) is 67.2 Å². The fraction of sp³-hybridized carbons (Fsp3) is 0.455. The lowest BCUT2D eigenvalue weighted by Gasteiger charge is -2.31. The number of hydrogen-bond acceptors (Lipinski definition) is 23. The molecule has 25 nitrogen and oxygen atoms in total. The van der Waals surface area contributed by atoms with Gasteiger partial charge in [0, 0.05) is 79.4 Å². The molecule has 0 saturated carbocycles. The number of nitrogens with one attached hydrogen (secondary N) is 1. The van der Waals surface area contributed by atoms with Gasteiger partial charge in [0.1, 0.15) is 47.1 Å². The zero-order valence-corrected chi connectivity index (χ0v) is 50.6. The molecule has 0 aliphatic carbocycles. The largest absolute Gasteiger partial charge is 0.748 e. The fourth-order valence-corrected chi connectivity index (χ4v) is 13.9. The van der Waals surface area contributed by atoms with Crippen LogP contribution in [0, 0.1) is 0 Å². The van der Waals surface area contributed by atoms with Crippen LogP contribution in [0.1, 0.15) is 77.3 Å². The summed E-state index contributed by atoms with van der Waals surface area (Å²) >= 11 is 0. The number of ether oxygens (including phenoxy) is 5. The van der Waals surface area contributed by atoms with Crippen LogP contribution >= 0.6 is 0 Å². The maximum Gasteiger partial charge on any atom is 0.233 e. The number of benzene rings is 4. The van der Waals surface area contributed by atoms with Crippen molar-refractivity contribution in [3.8, 4) is 0 Å². The van der Waals surface area contributed by atoms with Gasteiger partial charge in [0.2, 0.25) is 11.6 Å². The molecule has 0 fully saturated rings. The first-order valence-corrected chi connectivity index (χ1v) is 33.5. The Hall–Kier alpha value is -5.39. The number of fused-ring (bicyclic) bond motifs is 6. The van der Waals surface area contributed by atoms with Crippen LogP contribution in [0.3, 0.4) is 0 Å². The summed E-state index contributed by atoms with van der Waals surface area (Å²) in [4.78, 5) is 10.1. The van der Waals surface area contributed by atoms with Crippen LogP contribution in [0.5, 0.6) is 0 Å². The van der Waals surface area contributed by atoms with Crippen LogP contribution in [0.15, 0.2) is 116 Å². The normalized spacial score (nSPS) is 18.2. The van der Waals surface area contributed by atoms with Crippen LogP contribution in [-0.4, -0.2) is 167 Å². The Kier molecular flexibility index (Phi) is 24.5. The summed E-state index contributed by atoms with van der Waals surface area (Å²) in [5, 5.41) is -0.386. The molecule has 0 aromatic heterocycles. The van der Waals surface area contributed by atoms with E-state index in [4.69, 9.17) is 29.5 Å². The molecule has 6 rings (SSSR count). The molecule has 30 heteroatoms. The lowest BCUT2D eigenvalue weighted by Crippen LogP contribution is -2.32. The van der Waals surface area contributed by atoms with E-state index in [0.29, 0.717) is 86.1 Å². The van der Waals surface area contributed by atoms with Crippen LogP contribution in [-0.2, 0) is 89.9 Å². The molecule has 2 heterocycles. The van der Waals surface area contributed by atoms with Crippen molar-refractivity contribution in [2.75, 3.05) is 90.8 Å². The zero-order chi connectivity index (χ0) is 61.9.